The van der Waals surface area contributed by atoms with Crippen LogP contribution < -0.4 is 11.1 Å². The van der Waals surface area contributed by atoms with Crippen LogP contribution in [0.2, 0.25) is 0 Å². The molecule has 1 fully saturated rings. The van der Waals surface area contributed by atoms with Crippen molar-refractivity contribution in [2.75, 3.05) is 20.2 Å². The Morgan fingerprint density at radius 1 is 1.55 bits per heavy atom. The number of rotatable bonds is 2. The Morgan fingerprint density at radius 2 is 2.18 bits per heavy atom. The van der Waals surface area contributed by atoms with Crippen LogP contribution in [0.25, 0.3) is 0 Å². The van der Waals surface area contributed by atoms with Gasteiger partial charge in [0.05, 0.1) is 6.10 Å². The highest BCUT2D eigenvalue weighted by Gasteiger charge is 2.21. The molecule has 1 heterocycles. The van der Waals surface area contributed by atoms with Gasteiger partial charge < -0.3 is 15.8 Å². The molecule has 1 rings (SSSR count). The van der Waals surface area contributed by atoms with Crippen molar-refractivity contribution >= 4 is 24.8 Å². The molecule has 2 atom stereocenters. The average molecular weight is 203 g/mol. The van der Waals surface area contributed by atoms with E-state index in [4.69, 9.17) is 10.5 Å². The number of halogens is 2. The molecule has 3 N–H and O–H groups in total. The molecule has 0 unspecified atom stereocenters. The maximum atomic E-state index is 5.43. The van der Waals surface area contributed by atoms with Crippen LogP contribution in [0, 0.1) is 0 Å². The molecule has 1 aliphatic rings. The third-order valence-corrected chi connectivity index (χ3v) is 1.80. The molecule has 0 saturated carbocycles. The van der Waals surface area contributed by atoms with E-state index in [0.29, 0.717) is 12.1 Å². The number of hydrogen-bond donors (Lipinski definition) is 2. The van der Waals surface area contributed by atoms with E-state index >= 15 is 0 Å². The highest BCUT2D eigenvalue weighted by Crippen LogP contribution is 2.07. The smallest absolute Gasteiger partial charge is 0.0711 e. The molecule has 0 bridgehead atoms. The summed E-state index contributed by atoms with van der Waals surface area (Å²) in [6.45, 7) is 1.68. The van der Waals surface area contributed by atoms with E-state index < -0.39 is 0 Å². The van der Waals surface area contributed by atoms with Crippen molar-refractivity contribution in [1.29, 1.82) is 0 Å². The minimum atomic E-state index is 0. The van der Waals surface area contributed by atoms with Gasteiger partial charge in [-0.05, 0) is 6.42 Å². The fraction of sp³-hybridized carbons (Fsp3) is 1.00. The molecular weight excluding hydrogens is 187 g/mol. The molecule has 0 aromatic carbocycles. The molecule has 11 heavy (non-hydrogen) atoms. The lowest BCUT2D eigenvalue weighted by molar-refractivity contribution is 0.117. The van der Waals surface area contributed by atoms with Gasteiger partial charge in [-0.3, -0.25) is 0 Å². The second-order valence-electron chi connectivity index (χ2n) is 2.43. The van der Waals surface area contributed by atoms with Crippen LogP contribution in [-0.2, 0) is 4.74 Å². The summed E-state index contributed by atoms with van der Waals surface area (Å²) in [6, 6.07) is 0.481. The van der Waals surface area contributed by atoms with Crippen molar-refractivity contribution in [3.05, 3.63) is 0 Å². The number of nitrogens with one attached hydrogen (secondary N) is 1. The summed E-state index contributed by atoms with van der Waals surface area (Å²) in [4.78, 5) is 0. The summed E-state index contributed by atoms with van der Waals surface area (Å²) >= 11 is 0. The predicted octanol–water partition coefficient (Wildman–Crippen LogP) is 0.166. The first-order chi connectivity index (χ1) is 4.36. The molecule has 1 aliphatic heterocycles. The summed E-state index contributed by atoms with van der Waals surface area (Å²) in [6.07, 6.45) is 1.45. The molecule has 1 saturated heterocycles. The normalized spacial score (nSPS) is 28.9. The number of methoxy groups -OCH3 is 1. The Hall–Kier alpha value is 0.460. The monoisotopic (exact) mass is 202 g/mol. The van der Waals surface area contributed by atoms with Crippen molar-refractivity contribution in [3.8, 4) is 0 Å². The second kappa shape index (κ2) is 7.13. The Bertz CT molecular complexity index is 84.7. The quantitative estimate of drug-likeness (QED) is 0.672. The summed E-state index contributed by atoms with van der Waals surface area (Å²) in [5.74, 6) is 0. The van der Waals surface area contributed by atoms with E-state index in [-0.39, 0.29) is 24.8 Å². The third-order valence-electron chi connectivity index (χ3n) is 1.80. The van der Waals surface area contributed by atoms with E-state index in [0.717, 1.165) is 19.5 Å². The average Bonchev–Trinajstić information content (AvgIpc) is 2.34. The zero-order valence-electron chi connectivity index (χ0n) is 6.58. The van der Waals surface area contributed by atoms with E-state index in [2.05, 4.69) is 5.32 Å². The maximum Gasteiger partial charge on any atom is 0.0711 e. The minimum Gasteiger partial charge on any atom is -0.380 e. The van der Waals surface area contributed by atoms with Crippen molar-refractivity contribution in [3.63, 3.8) is 0 Å². The molecule has 0 radical (unpaired) electrons. The minimum absolute atomic E-state index is 0. The molecule has 3 nitrogen and oxygen atoms in total. The predicted molar refractivity (Wildman–Crippen MR) is 50.8 cm³/mol. The number of nitrogens with two attached hydrogens (primary N) is 1. The van der Waals surface area contributed by atoms with Gasteiger partial charge in [0.1, 0.15) is 0 Å². The van der Waals surface area contributed by atoms with Gasteiger partial charge in [0.2, 0.25) is 0 Å². The van der Waals surface area contributed by atoms with Crippen molar-refractivity contribution in [2.24, 2.45) is 5.73 Å². The first kappa shape index (κ1) is 14.0. The van der Waals surface area contributed by atoms with Crippen LogP contribution in [0.1, 0.15) is 6.42 Å². The van der Waals surface area contributed by atoms with Gasteiger partial charge >= 0.3 is 0 Å². The zero-order valence-corrected chi connectivity index (χ0v) is 8.21. The van der Waals surface area contributed by atoms with Crippen molar-refractivity contribution in [2.45, 2.75) is 18.6 Å². The van der Waals surface area contributed by atoms with Gasteiger partial charge in [-0.15, -0.1) is 24.8 Å². The van der Waals surface area contributed by atoms with Gasteiger partial charge in [0.25, 0.3) is 0 Å². The summed E-state index contributed by atoms with van der Waals surface area (Å²) in [7, 11) is 1.74. The number of hydrogen-bond acceptors (Lipinski definition) is 3. The molecule has 0 aromatic rings. The van der Waals surface area contributed by atoms with Gasteiger partial charge in [-0.2, -0.15) is 0 Å². The summed E-state index contributed by atoms with van der Waals surface area (Å²) < 4.78 is 5.13. The highest BCUT2D eigenvalue weighted by atomic mass is 35.5. The van der Waals surface area contributed by atoms with Gasteiger partial charge in [0, 0.05) is 26.2 Å². The Balaban J connectivity index is 0. The zero-order chi connectivity index (χ0) is 6.69. The summed E-state index contributed by atoms with van der Waals surface area (Å²) in [5.41, 5.74) is 5.43. The molecule has 0 spiro atoms. The third kappa shape index (κ3) is 4.13. The van der Waals surface area contributed by atoms with E-state index in [1.54, 1.807) is 7.11 Å². The van der Waals surface area contributed by atoms with Crippen LogP contribution in [-0.4, -0.2) is 32.3 Å². The lowest BCUT2D eigenvalue weighted by Crippen LogP contribution is -2.29. The number of ether oxygens (including phenoxy) is 1. The molecule has 0 amide bonds. The van der Waals surface area contributed by atoms with Crippen LogP contribution in [0.5, 0.6) is 0 Å². The molecule has 70 valence electrons. The first-order valence-electron chi connectivity index (χ1n) is 3.33. The maximum absolute atomic E-state index is 5.43. The fourth-order valence-corrected chi connectivity index (χ4v) is 1.14. The van der Waals surface area contributed by atoms with E-state index in [1.807, 2.05) is 0 Å². The fourth-order valence-electron chi connectivity index (χ4n) is 1.14. The van der Waals surface area contributed by atoms with E-state index in [1.165, 1.54) is 0 Å². The molecule has 0 aliphatic carbocycles. The lowest BCUT2D eigenvalue weighted by Gasteiger charge is -2.04. The highest BCUT2D eigenvalue weighted by molar-refractivity contribution is 5.85. The van der Waals surface area contributed by atoms with Crippen molar-refractivity contribution in [1.82, 2.24) is 5.32 Å². The Morgan fingerprint density at radius 3 is 2.45 bits per heavy atom. The standard InChI is InChI=1S/C6H14N2O.2ClH/c1-9-6-2-5(3-7)8-4-6;;/h5-6,8H,2-4,7H2,1H3;2*1H/t5-,6-;;/m0../s1. The molecule has 0 aromatic heterocycles. The molecular formula is C6H16Cl2N2O. The lowest BCUT2D eigenvalue weighted by atomic mass is 10.2. The van der Waals surface area contributed by atoms with Gasteiger partial charge in [-0.1, -0.05) is 0 Å². The SMILES string of the molecule is CO[C@@H]1CN[C@H](CN)C1.Cl.Cl. The second-order valence-corrected chi connectivity index (χ2v) is 2.43. The van der Waals surface area contributed by atoms with E-state index in [9.17, 15) is 0 Å². The van der Waals surface area contributed by atoms with Crippen LogP contribution in [0.15, 0.2) is 0 Å². The largest absolute Gasteiger partial charge is 0.380 e. The summed E-state index contributed by atoms with van der Waals surface area (Å²) in [5, 5.41) is 3.26. The first-order valence-corrected chi connectivity index (χ1v) is 3.33. The van der Waals surface area contributed by atoms with Crippen LogP contribution >= 0.6 is 24.8 Å². The Kier molecular flexibility index (Phi) is 9.08. The van der Waals surface area contributed by atoms with Gasteiger partial charge in [0.15, 0.2) is 0 Å². The van der Waals surface area contributed by atoms with Crippen LogP contribution in [0.3, 0.4) is 0 Å². The van der Waals surface area contributed by atoms with Gasteiger partial charge in [-0.25, -0.2) is 0 Å². The Labute approximate surface area is 79.9 Å². The van der Waals surface area contributed by atoms with Crippen molar-refractivity contribution < 1.29 is 4.74 Å². The topological polar surface area (TPSA) is 47.3 Å². The molecule has 5 heteroatoms. The van der Waals surface area contributed by atoms with Crippen LogP contribution in [0.4, 0.5) is 0 Å².